The molecule has 0 N–H and O–H groups in total. The van der Waals surface area contributed by atoms with Gasteiger partial charge in [0.25, 0.3) is 0 Å². The summed E-state index contributed by atoms with van der Waals surface area (Å²) in [6, 6.07) is 41.8. The van der Waals surface area contributed by atoms with Gasteiger partial charge in [0, 0.05) is 41.1 Å². The third-order valence-corrected chi connectivity index (χ3v) is 7.47. The van der Waals surface area contributed by atoms with E-state index in [0.717, 1.165) is 33.6 Å². The molecule has 0 saturated carbocycles. The smallest absolute Gasteiger partial charge is 0.0610 e. The zero-order valence-electron chi connectivity index (χ0n) is 21.0. The fourth-order valence-corrected chi connectivity index (χ4v) is 5.94. The van der Waals surface area contributed by atoms with Crippen LogP contribution in [-0.2, 0) is 20.1 Å². The number of aryl methyl sites for hydroxylation is 2. The van der Waals surface area contributed by atoms with Crippen molar-refractivity contribution in [3.8, 4) is 22.5 Å². The van der Waals surface area contributed by atoms with Crippen molar-refractivity contribution in [2.24, 2.45) is 0 Å². The van der Waals surface area contributed by atoms with Crippen molar-refractivity contribution in [2.45, 2.75) is 13.8 Å². The fraction of sp³-hybridized carbons (Fsp3) is 0.0588. The minimum absolute atomic E-state index is 0. The van der Waals surface area contributed by atoms with E-state index in [1.165, 1.54) is 31.1 Å². The van der Waals surface area contributed by atoms with E-state index >= 15 is 0 Å². The first-order valence-electron chi connectivity index (χ1n) is 12.3. The van der Waals surface area contributed by atoms with Crippen molar-refractivity contribution in [3.63, 3.8) is 0 Å². The second-order valence-electron chi connectivity index (χ2n) is 9.03. The van der Waals surface area contributed by atoms with Crippen LogP contribution in [0.5, 0.6) is 0 Å². The molecule has 0 bridgehead atoms. The van der Waals surface area contributed by atoms with Crippen molar-refractivity contribution in [1.82, 2.24) is 9.97 Å². The number of thiophene rings is 1. The van der Waals surface area contributed by atoms with Gasteiger partial charge >= 0.3 is 0 Å². The second-order valence-corrected chi connectivity index (χ2v) is 10.1. The van der Waals surface area contributed by atoms with Crippen LogP contribution in [0.3, 0.4) is 0 Å². The van der Waals surface area contributed by atoms with E-state index in [0.29, 0.717) is 0 Å². The van der Waals surface area contributed by atoms with Gasteiger partial charge in [-0.25, -0.2) is 0 Å². The maximum Gasteiger partial charge on any atom is 0.0610 e. The van der Waals surface area contributed by atoms with Crippen molar-refractivity contribution in [2.75, 3.05) is 0 Å². The topological polar surface area (TPSA) is 25.8 Å². The van der Waals surface area contributed by atoms with E-state index < -0.39 is 0 Å². The Morgan fingerprint density at radius 3 is 2.26 bits per heavy atom. The van der Waals surface area contributed by atoms with Gasteiger partial charge in [-0.15, -0.1) is 82.1 Å². The van der Waals surface area contributed by atoms with Crippen LogP contribution >= 0.6 is 11.3 Å². The Hall–Kier alpha value is -3.69. The number of nitrogens with zero attached hydrogens (tertiary/aromatic N) is 2. The van der Waals surface area contributed by atoms with Crippen LogP contribution in [0.15, 0.2) is 109 Å². The first kappa shape index (κ1) is 25.9. The average molecular weight is 685 g/mol. The van der Waals surface area contributed by atoms with Crippen LogP contribution in [0.1, 0.15) is 11.1 Å². The molecule has 0 fully saturated rings. The van der Waals surface area contributed by atoms with Gasteiger partial charge in [-0.2, -0.15) is 0 Å². The van der Waals surface area contributed by atoms with Gasteiger partial charge in [0.15, 0.2) is 0 Å². The first-order valence-corrected chi connectivity index (χ1v) is 13.1. The van der Waals surface area contributed by atoms with E-state index in [1.54, 1.807) is 6.20 Å². The van der Waals surface area contributed by atoms with Crippen molar-refractivity contribution < 1.29 is 20.1 Å². The minimum Gasteiger partial charge on any atom is -0.305 e. The maximum atomic E-state index is 4.97. The van der Waals surface area contributed by atoms with Gasteiger partial charge in [0.2, 0.25) is 0 Å². The number of fused-ring (bicyclic) bond motifs is 5. The van der Waals surface area contributed by atoms with Gasteiger partial charge in [-0.1, -0.05) is 62.4 Å². The largest absolute Gasteiger partial charge is 0.305 e. The second kappa shape index (κ2) is 11.4. The molecule has 0 spiro atoms. The van der Waals surface area contributed by atoms with Gasteiger partial charge in [0.1, 0.15) is 0 Å². The summed E-state index contributed by atoms with van der Waals surface area (Å²) in [5.74, 6) is 0. The quantitative estimate of drug-likeness (QED) is 0.170. The zero-order valence-corrected chi connectivity index (χ0v) is 24.2. The Morgan fingerprint density at radius 2 is 1.50 bits per heavy atom. The summed E-state index contributed by atoms with van der Waals surface area (Å²) in [5.41, 5.74) is 7.58. The van der Waals surface area contributed by atoms with E-state index in [1.807, 2.05) is 53.8 Å². The molecule has 0 amide bonds. The summed E-state index contributed by atoms with van der Waals surface area (Å²) < 4.78 is 2.61. The Labute approximate surface area is 240 Å². The fourth-order valence-electron chi connectivity index (χ4n) is 4.70. The molecule has 7 rings (SSSR count). The number of aromatic nitrogens is 2. The van der Waals surface area contributed by atoms with Gasteiger partial charge in [-0.3, -0.25) is 4.98 Å². The summed E-state index contributed by atoms with van der Waals surface area (Å²) in [4.78, 5) is 9.27. The van der Waals surface area contributed by atoms with Crippen LogP contribution in [0.25, 0.3) is 53.6 Å². The predicted octanol–water partition coefficient (Wildman–Crippen LogP) is 9.23. The normalized spacial score (nSPS) is 10.7. The first-order chi connectivity index (χ1) is 18.2. The molecule has 0 aliphatic heterocycles. The molecular weight excluding hydrogens is 661 g/mol. The number of pyridine rings is 2. The Balaban J connectivity index is 0.000000170. The van der Waals surface area contributed by atoms with Crippen molar-refractivity contribution in [3.05, 3.63) is 133 Å². The summed E-state index contributed by atoms with van der Waals surface area (Å²) in [5, 5.41) is 3.74. The van der Waals surface area contributed by atoms with Gasteiger partial charge in [-0.05, 0) is 40.4 Å². The number of hydrogen-bond donors (Lipinski definition) is 0. The van der Waals surface area contributed by atoms with Crippen LogP contribution in [0.2, 0.25) is 0 Å². The van der Waals surface area contributed by atoms with Crippen LogP contribution < -0.4 is 0 Å². The number of benzene rings is 4. The number of rotatable bonds is 2. The van der Waals surface area contributed by atoms with Crippen LogP contribution in [-0.4, -0.2) is 9.97 Å². The summed E-state index contributed by atoms with van der Waals surface area (Å²) in [7, 11) is 0. The Bertz CT molecular complexity index is 1820. The Kier molecular flexibility index (Phi) is 7.76. The van der Waals surface area contributed by atoms with Gasteiger partial charge < -0.3 is 4.98 Å². The maximum absolute atomic E-state index is 4.97. The number of hydrogen-bond acceptors (Lipinski definition) is 3. The predicted molar refractivity (Wildman–Crippen MR) is 157 cm³/mol. The molecule has 4 aromatic carbocycles. The molecule has 0 saturated heterocycles. The number of para-hydroxylation sites is 1. The van der Waals surface area contributed by atoms with Crippen LogP contribution in [0.4, 0.5) is 0 Å². The summed E-state index contributed by atoms with van der Waals surface area (Å²) in [6.07, 6.45) is 1.81. The minimum atomic E-state index is 0. The molecule has 0 aliphatic carbocycles. The van der Waals surface area contributed by atoms with Crippen LogP contribution in [0, 0.1) is 26.0 Å². The molecule has 0 aliphatic rings. The molecule has 4 heteroatoms. The SMILES string of the molecule is Cc1[c-]c(-c2ccccn2)cc(C)c1.[Ir].[c-]1ccccc1-c1nc2ccccc2c2sc3ccccc3c12. The third kappa shape index (κ3) is 5.16. The molecule has 3 heterocycles. The Morgan fingerprint density at radius 1 is 0.737 bits per heavy atom. The zero-order chi connectivity index (χ0) is 25.2. The van der Waals surface area contributed by atoms with E-state index in [-0.39, 0.29) is 20.1 Å². The summed E-state index contributed by atoms with van der Waals surface area (Å²) in [6.45, 7) is 4.15. The van der Waals surface area contributed by atoms with E-state index in [9.17, 15) is 0 Å². The van der Waals surface area contributed by atoms with Gasteiger partial charge in [0.05, 0.1) is 5.52 Å². The van der Waals surface area contributed by atoms with Crippen molar-refractivity contribution >= 4 is 42.4 Å². The summed E-state index contributed by atoms with van der Waals surface area (Å²) >= 11 is 1.85. The van der Waals surface area contributed by atoms with E-state index in [4.69, 9.17) is 4.98 Å². The third-order valence-electron chi connectivity index (χ3n) is 6.27. The molecule has 0 atom stereocenters. The molecule has 3 aromatic heterocycles. The monoisotopic (exact) mass is 685 g/mol. The molecule has 38 heavy (non-hydrogen) atoms. The molecule has 0 unspecified atom stereocenters. The molecular formula is C34H24IrN2S-2. The van der Waals surface area contributed by atoms with Crippen molar-refractivity contribution in [1.29, 1.82) is 0 Å². The standard InChI is InChI=1S/C21H12NS.C13H12N.Ir/c1-2-8-14(9-3-1)20-19-16-11-5-7-13-18(16)23-21(19)15-10-4-6-12-17(15)22-20;1-10-7-11(2)9-12(8-10)13-5-3-4-6-14-13;/h1-8,10-13H;3-8H,1-2H3;/q2*-1;. The molecule has 187 valence electrons. The average Bonchev–Trinajstić information content (AvgIpc) is 3.34. The van der Waals surface area contributed by atoms with E-state index in [2.05, 4.69) is 91.6 Å². The molecule has 1 radical (unpaired) electrons. The molecule has 2 nitrogen and oxygen atoms in total. The molecule has 7 aromatic rings.